The highest BCUT2D eigenvalue weighted by Gasteiger charge is 2.49. The molecule has 2 heterocycles. The molecule has 7 nitrogen and oxygen atoms in total. The molecule has 1 fully saturated rings. The molecule has 166 valence electrons. The number of H-pyrrole nitrogens is 1. The summed E-state index contributed by atoms with van der Waals surface area (Å²) in [5.41, 5.74) is 2.87. The fraction of sp³-hybridized carbons (Fsp3) is 0.320. The lowest BCUT2D eigenvalue weighted by molar-refractivity contribution is -0.134. The highest BCUT2D eigenvalue weighted by atomic mass is 16.2. The van der Waals surface area contributed by atoms with Crippen LogP contribution in [0.3, 0.4) is 0 Å². The van der Waals surface area contributed by atoms with Gasteiger partial charge in [-0.15, -0.1) is 0 Å². The van der Waals surface area contributed by atoms with Crippen molar-refractivity contribution in [3.8, 4) is 0 Å². The average molecular weight is 433 g/mol. The fourth-order valence-corrected chi connectivity index (χ4v) is 4.20. The molecule has 1 aliphatic rings. The van der Waals surface area contributed by atoms with Crippen molar-refractivity contribution >= 4 is 28.7 Å². The van der Waals surface area contributed by atoms with Crippen LogP contribution in [0.2, 0.25) is 0 Å². The molecule has 1 aromatic heterocycles. The number of aromatic amines is 1. The quantitative estimate of drug-likeness (QED) is 0.477. The van der Waals surface area contributed by atoms with Gasteiger partial charge in [-0.1, -0.05) is 55.8 Å². The Kier molecular flexibility index (Phi) is 5.99. The summed E-state index contributed by atoms with van der Waals surface area (Å²) in [7, 11) is 0. The molecule has 3 N–H and O–H groups in total. The summed E-state index contributed by atoms with van der Waals surface area (Å²) in [5, 5.41) is 6.69. The smallest absolute Gasteiger partial charge is 0.325 e. The van der Waals surface area contributed by atoms with Crippen molar-refractivity contribution in [1.82, 2.24) is 20.5 Å². The van der Waals surface area contributed by atoms with Gasteiger partial charge in [-0.3, -0.25) is 14.5 Å². The van der Waals surface area contributed by atoms with Crippen LogP contribution in [0.5, 0.6) is 0 Å². The number of carbonyl (C=O) groups excluding carboxylic acids is 3. The first-order valence-electron chi connectivity index (χ1n) is 11.0. The summed E-state index contributed by atoms with van der Waals surface area (Å²) in [6.07, 6.45) is 4.58. The van der Waals surface area contributed by atoms with Crippen LogP contribution in [0.1, 0.15) is 37.0 Å². The topological polar surface area (TPSA) is 94.3 Å². The Hall–Kier alpha value is -3.61. The van der Waals surface area contributed by atoms with Crippen molar-refractivity contribution in [3.63, 3.8) is 0 Å². The molecule has 4 rings (SSSR count). The van der Waals surface area contributed by atoms with Gasteiger partial charge in [0.15, 0.2) is 0 Å². The fourth-order valence-electron chi connectivity index (χ4n) is 4.20. The van der Waals surface area contributed by atoms with E-state index in [4.69, 9.17) is 0 Å². The maximum absolute atomic E-state index is 13.0. The number of amides is 4. The summed E-state index contributed by atoms with van der Waals surface area (Å²) in [6.45, 7) is 3.90. The van der Waals surface area contributed by atoms with E-state index in [0.29, 0.717) is 18.5 Å². The predicted molar refractivity (Wildman–Crippen MR) is 123 cm³/mol. The minimum absolute atomic E-state index is 0.304. The van der Waals surface area contributed by atoms with Crippen LogP contribution in [-0.4, -0.2) is 40.8 Å². The third-order valence-corrected chi connectivity index (χ3v) is 6.04. The zero-order chi connectivity index (χ0) is 22.7. The van der Waals surface area contributed by atoms with Crippen molar-refractivity contribution in [2.24, 2.45) is 0 Å². The zero-order valence-electron chi connectivity index (χ0n) is 18.4. The standard InChI is InChI=1S/C25H28N4O3/c1-3-6-17-9-11-19(12-10-17)25(2)23(31)29(24(32)28-25)16-22(30)26-14-13-18-15-27-21-8-5-4-7-20(18)21/h4-5,7-12,15,27H,3,6,13-14,16H2,1-2H3,(H,26,30)(H,28,32). The second kappa shape index (κ2) is 8.86. The monoisotopic (exact) mass is 432 g/mol. The molecule has 3 aromatic rings. The number of imide groups is 1. The molecule has 0 spiro atoms. The molecule has 0 radical (unpaired) electrons. The summed E-state index contributed by atoms with van der Waals surface area (Å²) < 4.78 is 0. The van der Waals surface area contributed by atoms with Crippen LogP contribution in [0, 0.1) is 0 Å². The first-order valence-corrected chi connectivity index (χ1v) is 11.0. The maximum Gasteiger partial charge on any atom is 0.325 e. The summed E-state index contributed by atoms with van der Waals surface area (Å²) in [5.74, 6) is -0.784. The number of aryl methyl sites for hydroxylation is 1. The Labute approximate surface area is 187 Å². The first kappa shape index (κ1) is 21.6. The molecule has 0 bridgehead atoms. The number of carbonyl (C=O) groups is 3. The number of benzene rings is 2. The first-order chi connectivity index (χ1) is 15.4. The van der Waals surface area contributed by atoms with Crippen LogP contribution in [0.15, 0.2) is 54.7 Å². The van der Waals surface area contributed by atoms with Gasteiger partial charge in [-0.2, -0.15) is 0 Å². The number of hydrogen-bond donors (Lipinski definition) is 3. The van der Waals surface area contributed by atoms with Gasteiger partial charge >= 0.3 is 6.03 Å². The van der Waals surface area contributed by atoms with Crippen molar-refractivity contribution in [3.05, 3.63) is 71.4 Å². The third kappa shape index (κ3) is 4.10. The van der Waals surface area contributed by atoms with E-state index in [1.807, 2.05) is 54.7 Å². The van der Waals surface area contributed by atoms with E-state index >= 15 is 0 Å². The molecule has 1 saturated heterocycles. The van der Waals surface area contributed by atoms with Crippen LogP contribution in [0.25, 0.3) is 10.9 Å². The lowest BCUT2D eigenvalue weighted by Crippen LogP contribution is -2.43. The second-order valence-electron chi connectivity index (χ2n) is 8.35. The van der Waals surface area contributed by atoms with E-state index in [0.717, 1.165) is 34.2 Å². The molecule has 0 aliphatic carbocycles. The Morgan fingerprint density at radius 1 is 1.06 bits per heavy atom. The van der Waals surface area contributed by atoms with Gasteiger partial charge in [0.2, 0.25) is 5.91 Å². The molecule has 2 aromatic carbocycles. The van der Waals surface area contributed by atoms with Crippen molar-refractivity contribution in [2.45, 2.75) is 38.6 Å². The van der Waals surface area contributed by atoms with Gasteiger partial charge in [0.05, 0.1) is 0 Å². The van der Waals surface area contributed by atoms with Crippen molar-refractivity contribution < 1.29 is 14.4 Å². The molecule has 1 unspecified atom stereocenters. The Morgan fingerprint density at radius 3 is 2.56 bits per heavy atom. The van der Waals surface area contributed by atoms with Crippen molar-refractivity contribution in [1.29, 1.82) is 0 Å². The molecule has 0 saturated carbocycles. The van der Waals surface area contributed by atoms with E-state index in [-0.39, 0.29) is 12.5 Å². The van der Waals surface area contributed by atoms with Gasteiger partial charge in [-0.25, -0.2) is 4.79 Å². The van der Waals surface area contributed by atoms with E-state index in [9.17, 15) is 14.4 Å². The molecule has 1 aliphatic heterocycles. The number of para-hydroxylation sites is 1. The predicted octanol–water partition coefficient (Wildman–Crippen LogP) is 3.25. The number of nitrogens with zero attached hydrogens (tertiary/aromatic N) is 1. The van der Waals surface area contributed by atoms with Gasteiger partial charge < -0.3 is 15.6 Å². The van der Waals surface area contributed by atoms with Crippen molar-refractivity contribution in [2.75, 3.05) is 13.1 Å². The SMILES string of the molecule is CCCc1ccc(C2(C)NC(=O)N(CC(=O)NCCc3c[nH]c4ccccc34)C2=O)cc1. The Bertz CT molecular complexity index is 1150. The minimum Gasteiger partial charge on any atom is -0.361 e. The normalized spacial score (nSPS) is 18.2. The van der Waals surface area contributed by atoms with Gasteiger partial charge in [-0.05, 0) is 42.5 Å². The molecule has 7 heteroatoms. The molecule has 4 amide bonds. The number of rotatable bonds is 8. The van der Waals surface area contributed by atoms with Crippen LogP contribution < -0.4 is 10.6 Å². The van der Waals surface area contributed by atoms with Crippen LogP contribution in [0.4, 0.5) is 4.79 Å². The van der Waals surface area contributed by atoms with E-state index in [2.05, 4.69) is 22.5 Å². The summed E-state index contributed by atoms with van der Waals surface area (Å²) >= 11 is 0. The van der Waals surface area contributed by atoms with Crippen LogP contribution >= 0.6 is 0 Å². The molecular weight excluding hydrogens is 404 g/mol. The number of fused-ring (bicyclic) bond motifs is 1. The lowest BCUT2D eigenvalue weighted by Gasteiger charge is -2.22. The lowest BCUT2D eigenvalue weighted by atomic mass is 9.91. The molecular formula is C25H28N4O3. The Morgan fingerprint density at radius 2 is 1.81 bits per heavy atom. The minimum atomic E-state index is -1.17. The van der Waals surface area contributed by atoms with E-state index in [1.54, 1.807) is 6.92 Å². The van der Waals surface area contributed by atoms with Crippen LogP contribution in [-0.2, 0) is 28.0 Å². The second-order valence-corrected chi connectivity index (χ2v) is 8.35. The maximum atomic E-state index is 13.0. The largest absolute Gasteiger partial charge is 0.361 e. The van der Waals surface area contributed by atoms with Gasteiger partial charge in [0.25, 0.3) is 5.91 Å². The number of aromatic nitrogens is 1. The highest BCUT2D eigenvalue weighted by molar-refractivity contribution is 6.09. The molecule has 32 heavy (non-hydrogen) atoms. The molecule has 1 atom stereocenters. The zero-order valence-corrected chi connectivity index (χ0v) is 18.4. The third-order valence-electron chi connectivity index (χ3n) is 6.04. The van der Waals surface area contributed by atoms with Gasteiger partial charge in [0, 0.05) is 23.6 Å². The highest BCUT2D eigenvalue weighted by Crippen LogP contribution is 2.29. The number of nitrogens with one attached hydrogen (secondary N) is 3. The van der Waals surface area contributed by atoms with E-state index < -0.39 is 17.5 Å². The Balaban J connectivity index is 1.35. The number of hydrogen-bond acceptors (Lipinski definition) is 3. The van der Waals surface area contributed by atoms with Gasteiger partial charge in [0.1, 0.15) is 12.1 Å². The summed E-state index contributed by atoms with van der Waals surface area (Å²) in [4.78, 5) is 42.2. The summed E-state index contributed by atoms with van der Waals surface area (Å²) in [6, 6.07) is 15.1. The number of urea groups is 1. The average Bonchev–Trinajstić information content (AvgIpc) is 3.29. The van der Waals surface area contributed by atoms with E-state index in [1.165, 1.54) is 5.56 Å².